The summed E-state index contributed by atoms with van der Waals surface area (Å²) in [7, 11) is -3.88. The van der Waals surface area contributed by atoms with Gasteiger partial charge in [-0.25, -0.2) is 0 Å². The number of rotatable bonds is 8. The van der Waals surface area contributed by atoms with Crippen LogP contribution in [0.2, 0.25) is 0 Å². The van der Waals surface area contributed by atoms with Gasteiger partial charge in [-0.1, -0.05) is 56.7 Å². The van der Waals surface area contributed by atoms with Crippen molar-refractivity contribution in [2.75, 3.05) is 6.61 Å². The highest BCUT2D eigenvalue weighted by atomic mass is 32.2. The second-order valence-corrected chi connectivity index (χ2v) is 10.6. The minimum atomic E-state index is -3.88. The van der Waals surface area contributed by atoms with Gasteiger partial charge in [0, 0.05) is 17.5 Å². The fourth-order valence-corrected chi connectivity index (χ4v) is 4.93. The molecule has 0 aliphatic carbocycles. The third-order valence-electron chi connectivity index (χ3n) is 5.88. The predicted molar refractivity (Wildman–Crippen MR) is 124 cm³/mol. The molecule has 1 aliphatic rings. The van der Waals surface area contributed by atoms with Crippen molar-refractivity contribution in [1.82, 2.24) is 5.32 Å². The number of carbonyl (C=O) groups is 1. The Hall–Kier alpha value is -2.22. The molecule has 1 N–H and O–H groups in total. The van der Waals surface area contributed by atoms with E-state index in [1.807, 2.05) is 25.1 Å². The zero-order chi connectivity index (χ0) is 23.3. The average Bonchev–Trinajstić information content (AvgIpc) is 2.76. The third kappa shape index (κ3) is 6.40. The molecule has 4 atom stereocenters. The van der Waals surface area contributed by atoms with E-state index in [0.717, 1.165) is 12.0 Å². The van der Waals surface area contributed by atoms with E-state index in [4.69, 9.17) is 8.92 Å². The van der Waals surface area contributed by atoms with E-state index in [2.05, 4.69) is 26.1 Å². The van der Waals surface area contributed by atoms with E-state index in [9.17, 15) is 13.2 Å². The van der Waals surface area contributed by atoms with Gasteiger partial charge in [-0.2, -0.15) is 8.42 Å². The number of aryl methyl sites for hydroxylation is 1. The molecule has 0 radical (unpaired) electrons. The maximum atomic E-state index is 12.7. The van der Waals surface area contributed by atoms with Gasteiger partial charge in [0.2, 0.25) is 0 Å². The van der Waals surface area contributed by atoms with Crippen LogP contribution in [0.5, 0.6) is 0 Å². The van der Waals surface area contributed by atoms with Crippen LogP contribution in [0.4, 0.5) is 0 Å². The Bertz CT molecular complexity index is 989. The van der Waals surface area contributed by atoms with Crippen molar-refractivity contribution in [3.05, 3.63) is 65.7 Å². The van der Waals surface area contributed by atoms with Crippen molar-refractivity contribution in [2.24, 2.45) is 11.8 Å². The van der Waals surface area contributed by atoms with E-state index in [1.165, 1.54) is 0 Å². The van der Waals surface area contributed by atoms with Gasteiger partial charge >= 0.3 is 0 Å². The van der Waals surface area contributed by atoms with Crippen LogP contribution in [0.1, 0.15) is 49.5 Å². The number of benzene rings is 2. The van der Waals surface area contributed by atoms with Gasteiger partial charge in [-0.15, -0.1) is 0 Å². The van der Waals surface area contributed by atoms with Crippen molar-refractivity contribution >= 4 is 16.0 Å². The lowest BCUT2D eigenvalue weighted by molar-refractivity contribution is -0.110. The molecule has 7 heteroatoms. The first-order chi connectivity index (χ1) is 15.2. The summed E-state index contributed by atoms with van der Waals surface area (Å²) >= 11 is 0. The number of hydrogen-bond donors (Lipinski definition) is 1. The van der Waals surface area contributed by atoms with Crippen LogP contribution >= 0.6 is 0 Å². The van der Waals surface area contributed by atoms with Crippen molar-refractivity contribution in [1.29, 1.82) is 0 Å². The molecule has 1 amide bonds. The molecule has 1 aliphatic heterocycles. The molecule has 1 fully saturated rings. The Labute approximate surface area is 191 Å². The summed E-state index contributed by atoms with van der Waals surface area (Å²) in [6.07, 6.45) is 0.773. The topological polar surface area (TPSA) is 81.7 Å². The van der Waals surface area contributed by atoms with Crippen molar-refractivity contribution in [3.63, 3.8) is 0 Å². The first-order valence-corrected chi connectivity index (χ1v) is 12.5. The number of carbonyl (C=O) groups excluding carboxylic acids is 1. The molecule has 1 saturated heterocycles. The number of nitrogens with one attached hydrogen (secondary N) is 1. The lowest BCUT2D eigenvalue weighted by atomic mass is 9.84. The normalized spacial score (nSPS) is 23.8. The monoisotopic (exact) mass is 459 g/mol. The van der Waals surface area contributed by atoms with E-state index >= 15 is 0 Å². The van der Waals surface area contributed by atoms with Crippen molar-refractivity contribution < 1.29 is 22.1 Å². The fraction of sp³-hybridized carbons (Fsp3) is 0.480. The molecule has 6 nitrogen and oxygen atoms in total. The van der Waals surface area contributed by atoms with Gasteiger partial charge in [0.05, 0.1) is 23.7 Å². The molecule has 32 heavy (non-hydrogen) atoms. The van der Waals surface area contributed by atoms with Crippen LogP contribution in [0.3, 0.4) is 0 Å². The van der Waals surface area contributed by atoms with Crippen LogP contribution in [-0.2, 0) is 19.0 Å². The highest BCUT2D eigenvalue weighted by Crippen LogP contribution is 2.30. The van der Waals surface area contributed by atoms with Gasteiger partial charge < -0.3 is 10.1 Å². The predicted octanol–water partition coefficient (Wildman–Crippen LogP) is 4.34. The fourth-order valence-electron chi connectivity index (χ4n) is 4.00. The molecule has 0 spiro atoms. The molecule has 2 aromatic rings. The summed E-state index contributed by atoms with van der Waals surface area (Å²) in [5.74, 6) is 0.360. The van der Waals surface area contributed by atoms with E-state index < -0.39 is 16.2 Å². The van der Waals surface area contributed by atoms with Crippen molar-refractivity contribution in [2.45, 2.75) is 63.7 Å². The zero-order valence-electron chi connectivity index (χ0n) is 19.2. The summed E-state index contributed by atoms with van der Waals surface area (Å²) < 4.78 is 36.8. The minimum Gasteiger partial charge on any atom is -0.372 e. The van der Waals surface area contributed by atoms with Crippen LogP contribution in [-0.4, -0.2) is 39.2 Å². The molecule has 3 rings (SSSR count). The van der Waals surface area contributed by atoms with Crippen LogP contribution in [0, 0.1) is 18.8 Å². The second-order valence-electron chi connectivity index (χ2n) is 9.02. The molecular weight excluding hydrogens is 426 g/mol. The molecule has 0 bridgehead atoms. The average molecular weight is 460 g/mol. The standard InChI is InChI=1S/C25H33NO5S/c1-17(2)14-24-19(4)23(26-25(27)20-8-6-5-7-9-20)15-21(31-24)16-30-32(28,29)22-12-10-18(3)11-13-22/h5-13,17,19,21,23-24H,14-16H2,1-4H3,(H,26,27)/t19-,21+,23+,24+/m1/s1. The van der Waals surface area contributed by atoms with E-state index in [1.54, 1.807) is 36.4 Å². The number of amides is 1. The Kier molecular flexibility index (Phi) is 8.09. The third-order valence-corrected chi connectivity index (χ3v) is 7.18. The second kappa shape index (κ2) is 10.6. The zero-order valence-corrected chi connectivity index (χ0v) is 20.0. The molecule has 0 aromatic heterocycles. The summed E-state index contributed by atoms with van der Waals surface area (Å²) in [5.41, 5.74) is 1.57. The van der Waals surface area contributed by atoms with Gasteiger partial charge in [0.1, 0.15) is 0 Å². The first kappa shape index (κ1) is 24.4. The summed E-state index contributed by atoms with van der Waals surface area (Å²) in [5, 5.41) is 3.13. The molecular formula is C25H33NO5S. The Morgan fingerprint density at radius 1 is 1.12 bits per heavy atom. The van der Waals surface area contributed by atoms with Gasteiger partial charge in [0.15, 0.2) is 0 Å². The Morgan fingerprint density at radius 3 is 2.41 bits per heavy atom. The molecule has 0 saturated carbocycles. The SMILES string of the molecule is Cc1ccc(S(=O)(=O)OC[C@@H]2C[C@H](NC(=O)c3ccccc3)[C@@H](C)[C@H](CC(C)C)O2)cc1. The van der Waals surface area contributed by atoms with Gasteiger partial charge in [-0.3, -0.25) is 8.98 Å². The van der Waals surface area contributed by atoms with Crippen LogP contribution in [0.15, 0.2) is 59.5 Å². The first-order valence-electron chi connectivity index (χ1n) is 11.1. The van der Waals surface area contributed by atoms with Crippen molar-refractivity contribution in [3.8, 4) is 0 Å². The Morgan fingerprint density at radius 2 is 1.78 bits per heavy atom. The number of ether oxygens (including phenoxy) is 1. The van der Waals surface area contributed by atoms with E-state index in [-0.39, 0.29) is 35.5 Å². The lowest BCUT2D eigenvalue weighted by Gasteiger charge is -2.41. The molecule has 174 valence electrons. The van der Waals surface area contributed by atoms with Gasteiger partial charge in [0.25, 0.3) is 16.0 Å². The molecule has 0 unspecified atom stereocenters. The maximum absolute atomic E-state index is 12.7. The maximum Gasteiger partial charge on any atom is 0.297 e. The van der Waals surface area contributed by atoms with E-state index in [0.29, 0.717) is 17.9 Å². The summed E-state index contributed by atoms with van der Waals surface area (Å²) in [6, 6.07) is 15.5. The van der Waals surface area contributed by atoms with Gasteiger partial charge in [-0.05, 0) is 49.9 Å². The van der Waals surface area contributed by atoms with Crippen LogP contribution < -0.4 is 5.32 Å². The largest absolute Gasteiger partial charge is 0.372 e. The Balaban J connectivity index is 1.70. The highest BCUT2D eigenvalue weighted by Gasteiger charge is 2.37. The summed E-state index contributed by atoms with van der Waals surface area (Å²) in [6.45, 7) is 8.12. The summed E-state index contributed by atoms with van der Waals surface area (Å²) in [4.78, 5) is 12.9. The van der Waals surface area contributed by atoms with Crippen LogP contribution in [0.25, 0.3) is 0 Å². The molecule has 1 heterocycles. The minimum absolute atomic E-state index is 0.0881. The highest BCUT2D eigenvalue weighted by molar-refractivity contribution is 7.86. The smallest absolute Gasteiger partial charge is 0.297 e. The quantitative estimate of drug-likeness (QED) is 0.594. The lowest BCUT2D eigenvalue weighted by Crippen LogP contribution is -2.52. The number of hydrogen-bond acceptors (Lipinski definition) is 5. The molecule has 2 aromatic carbocycles.